The molecule has 0 spiro atoms. The standard InChI is InChI=1S/C23H37N7O2.HI/c1-18-8-5-6-9-21(18)32-19(2)16-25-23(26-17-22-28-27-20(3)29(22)4)24-10-7-11-30-12-14-31-15-13-30;/h5-6,8-9,19H,7,10-17H2,1-4H3,(H2,24,25,26);1H. The first-order valence-electron chi connectivity index (χ1n) is 11.4. The lowest BCUT2D eigenvalue weighted by atomic mass is 10.2. The predicted molar refractivity (Wildman–Crippen MR) is 141 cm³/mol. The van der Waals surface area contributed by atoms with Crippen LogP contribution in [0.1, 0.15) is 30.6 Å². The van der Waals surface area contributed by atoms with Crippen molar-refractivity contribution in [3.8, 4) is 5.75 Å². The van der Waals surface area contributed by atoms with E-state index in [1.165, 1.54) is 0 Å². The van der Waals surface area contributed by atoms with Crippen molar-refractivity contribution in [3.63, 3.8) is 0 Å². The number of nitrogens with zero attached hydrogens (tertiary/aromatic N) is 5. The molecule has 33 heavy (non-hydrogen) atoms. The fourth-order valence-electron chi connectivity index (χ4n) is 3.43. The number of hydrogen-bond donors (Lipinski definition) is 2. The summed E-state index contributed by atoms with van der Waals surface area (Å²) in [7, 11) is 1.96. The van der Waals surface area contributed by atoms with E-state index < -0.39 is 0 Å². The second kappa shape index (κ2) is 14.4. The molecule has 10 heteroatoms. The molecule has 1 aromatic carbocycles. The quantitative estimate of drug-likeness (QED) is 0.196. The smallest absolute Gasteiger partial charge is 0.191 e. The largest absolute Gasteiger partial charge is 0.489 e. The third-order valence-electron chi connectivity index (χ3n) is 5.59. The Balaban J connectivity index is 0.00000385. The van der Waals surface area contributed by atoms with E-state index in [0.29, 0.717) is 13.1 Å². The third kappa shape index (κ3) is 9.09. The Labute approximate surface area is 214 Å². The van der Waals surface area contributed by atoms with Gasteiger partial charge in [0.15, 0.2) is 11.8 Å². The molecule has 0 radical (unpaired) electrons. The van der Waals surface area contributed by atoms with E-state index in [4.69, 9.17) is 14.5 Å². The first-order chi connectivity index (χ1) is 15.5. The molecule has 1 aliphatic rings. The van der Waals surface area contributed by atoms with E-state index in [0.717, 1.165) is 74.7 Å². The summed E-state index contributed by atoms with van der Waals surface area (Å²) in [6.45, 7) is 12.7. The van der Waals surface area contributed by atoms with Crippen molar-refractivity contribution >= 4 is 29.9 Å². The number of aromatic nitrogens is 3. The Morgan fingerprint density at radius 2 is 1.94 bits per heavy atom. The van der Waals surface area contributed by atoms with Crippen LogP contribution in [0.25, 0.3) is 0 Å². The van der Waals surface area contributed by atoms with Gasteiger partial charge in [0.1, 0.15) is 24.2 Å². The predicted octanol–water partition coefficient (Wildman–Crippen LogP) is 2.27. The molecule has 1 saturated heterocycles. The summed E-state index contributed by atoms with van der Waals surface area (Å²) >= 11 is 0. The Morgan fingerprint density at radius 1 is 1.18 bits per heavy atom. The van der Waals surface area contributed by atoms with Crippen LogP contribution in [0.5, 0.6) is 5.75 Å². The number of morpholine rings is 1. The molecule has 2 heterocycles. The first kappa shape index (κ1) is 27.3. The number of aliphatic imine (C=N–C) groups is 1. The van der Waals surface area contributed by atoms with Crippen LogP contribution >= 0.6 is 24.0 Å². The van der Waals surface area contributed by atoms with Gasteiger partial charge in [-0.25, -0.2) is 4.99 Å². The number of benzene rings is 1. The molecule has 3 rings (SSSR count). The van der Waals surface area contributed by atoms with Crippen molar-refractivity contribution in [3.05, 3.63) is 41.5 Å². The van der Waals surface area contributed by atoms with Crippen molar-refractivity contribution < 1.29 is 9.47 Å². The number of nitrogens with one attached hydrogen (secondary N) is 2. The van der Waals surface area contributed by atoms with Gasteiger partial charge in [-0.1, -0.05) is 18.2 Å². The lowest BCUT2D eigenvalue weighted by Gasteiger charge is -2.26. The number of para-hydroxylation sites is 1. The van der Waals surface area contributed by atoms with Crippen LogP contribution in [0.2, 0.25) is 0 Å². The lowest BCUT2D eigenvalue weighted by Crippen LogP contribution is -2.43. The normalized spacial score (nSPS) is 15.6. The number of guanidine groups is 1. The summed E-state index contributed by atoms with van der Waals surface area (Å²) in [5.41, 5.74) is 1.13. The van der Waals surface area contributed by atoms with E-state index in [9.17, 15) is 0 Å². The number of rotatable bonds is 10. The van der Waals surface area contributed by atoms with Crippen molar-refractivity contribution in [1.29, 1.82) is 0 Å². The summed E-state index contributed by atoms with van der Waals surface area (Å²) < 4.78 is 13.5. The van der Waals surface area contributed by atoms with Crippen molar-refractivity contribution in [1.82, 2.24) is 30.3 Å². The fourth-order valence-corrected chi connectivity index (χ4v) is 3.43. The summed E-state index contributed by atoms with van der Waals surface area (Å²) in [5, 5.41) is 15.2. The summed E-state index contributed by atoms with van der Waals surface area (Å²) in [4.78, 5) is 7.17. The van der Waals surface area contributed by atoms with Gasteiger partial charge in [0.05, 0.1) is 19.8 Å². The second-order valence-electron chi connectivity index (χ2n) is 8.20. The zero-order valence-electron chi connectivity index (χ0n) is 20.2. The number of aryl methyl sites for hydroxylation is 2. The SMILES string of the molecule is Cc1ccccc1OC(C)CNC(=NCc1nnc(C)n1C)NCCCN1CCOCC1.I. The molecule has 1 fully saturated rings. The van der Waals surface area contributed by atoms with Gasteiger partial charge in [-0.3, -0.25) is 4.90 Å². The Kier molecular flexibility index (Phi) is 11.9. The van der Waals surface area contributed by atoms with Crippen LogP contribution in [0, 0.1) is 13.8 Å². The second-order valence-corrected chi connectivity index (χ2v) is 8.20. The molecule has 0 saturated carbocycles. The van der Waals surface area contributed by atoms with Crippen LogP contribution in [0.15, 0.2) is 29.3 Å². The van der Waals surface area contributed by atoms with Gasteiger partial charge in [-0.2, -0.15) is 0 Å². The molecule has 1 atom stereocenters. The minimum atomic E-state index is -0.00600. The van der Waals surface area contributed by atoms with E-state index in [2.05, 4.69) is 45.6 Å². The highest BCUT2D eigenvalue weighted by atomic mass is 127. The highest BCUT2D eigenvalue weighted by Crippen LogP contribution is 2.17. The van der Waals surface area contributed by atoms with Crippen molar-refractivity contribution in [2.45, 2.75) is 39.8 Å². The first-order valence-corrected chi connectivity index (χ1v) is 11.4. The molecule has 0 amide bonds. The van der Waals surface area contributed by atoms with Gasteiger partial charge in [0.2, 0.25) is 0 Å². The minimum Gasteiger partial charge on any atom is -0.489 e. The molecule has 2 aromatic rings. The molecule has 1 aromatic heterocycles. The minimum absolute atomic E-state index is 0. The van der Waals surface area contributed by atoms with Gasteiger partial charge >= 0.3 is 0 Å². The van der Waals surface area contributed by atoms with E-state index in [-0.39, 0.29) is 30.1 Å². The molecule has 1 unspecified atom stereocenters. The van der Waals surface area contributed by atoms with Crippen LogP contribution in [-0.4, -0.2) is 77.7 Å². The van der Waals surface area contributed by atoms with Crippen LogP contribution < -0.4 is 15.4 Å². The summed E-state index contributed by atoms with van der Waals surface area (Å²) in [6.07, 6.45) is 1.03. The van der Waals surface area contributed by atoms with Gasteiger partial charge < -0.3 is 24.7 Å². The zero-order valence-corrected chi connectivity index (χ0v) is 22.5. The number of hydrogen-bond acceptors (Lipinski definition) is 6. The van der Waals surface area contributed by atoms with Crippen LogP contribution in [0.3, 0.4) is 0 Å². The summed E-state index contributed by atoms with van der Waals surface area (Å²) in [5.74, 6) is 3.38. The lowest BCUT2D eigenvalue weighted by molar-refractivity contribution is 0.0376. The van der Waals surface area contributed by atoms with Gasteiger partial charge in [0, 0.05) is 26.7 Å². The fraction of sp³-hybridized carbons (Fsp3) is 0.609. The molecule has 0 bridgehead atoms. The van der Waals surface area contributed by atoms with Crippen molar-refractivity contribution in [2.75, 3.05) is 45.9 Å². The molecule has 9 nitrogen and oxygen atoms in total. The average molecular weight is 572 g/mol. The third-order valence-corrected chi connectivity index (χ3v) is 5.59. The van der Waals surface area contributed by atoms with Crippen molar-refractivity contribution in [2.24, 2.45) is 12.0 Å². The maximum Gasteiger partial charge on any atom is 0.191 e. The molecular formula is C23H38IN7O2. The molecule has 0 aliphatic carbocycles. The maximum atomic E-state index is 6.10. The van der Waals surface area contributed by atoms with Crippen LogP contribution in [0.4, 0.5) is 0 Å². The van der Waals surface area contributed by atoms with Gasteiger partial charge in [-0.15, -0.1) is 34.2 Å². The zero-order chi connectivity index (χ0) is 22.8. The Bertz CT molecular complexity index is 868. The van der Waals surface area contributed by atoms with E-state index in [1.54, 1.807) is 0 Å². The van der Waals surface area contributed by atoms with Gasteiger partial charge in [0.25, 0.3) is 0 Å². The van der Waals surface area contributed by atoms with Crippen LogP contribution in [-0.2, 0) is 18.3 Å². The molecule has 184 valence electrons. The molecule has 2 N–H and O–H groups in total. The highest BCUT2D eigenvalue weighted by Gasteiger charge is 2.11. The Hall–Kier alpha value is -1.92. The monoisotopic (exact) mass is 571 g/mol. The maximum absolute atomic E-state index is 6.10. The Morgan fingerprint density at radius 3 is 2.64 bits per heavy atom. The van der Waals surface area contributed by atoms with Gasteiger partial charge in [-0.05, 0) is 45.4 Å². The highest BCUT2D eigenvalue weighted by molar-refractivity contribution is 14.0. The number of ether oxygens (including phenoxy) is 2. The van der Waals surface area contributed by atoms with E-state index in [1.807, 2.05) is 36.7 Å². The number of halogens is 1. The van der Waals surface area contributed by atoms with E-state index >= 15 is 0 Å². The summed E-state index contributed by atoms with van der Waals surface area (Å²) in [6, 6.07) is 8.07. The molecular weight excluding hydrogens is 533 g/mol. The topological polar surface area (TPSA) is 88.8 Å². The molecule has 1 aliphatic heterocycles. The average Bonchev–Trinajstić information content (AvgIpc) is 3.12.